The predicted octanol–water partition coefficient (Wildman–Crippen LogP) is 2.79. The number of nitrogens with zero attached hydrogens (tertiary/aromatic N) is 4. The lowest BCUT2D eigenvalue weighted by atomic mass is 10.2. The Kier molecular flexibility index (Phi) is 6.04. The van der Waals surface area contributed by atoms with E-state index in [0.717, 1.165) is 5.56 Å². The molecule has 7 nitrogen and oxygen atoms in total. The predicted molar refractivity (Wildman–Crippen MR) is 102 cm³/mol. The van der Waals surface area contributed by atoms with E-state index in [9.17, 15) is 14.7 Å². The minimum Gasteiger partial charge on any atom is -0.480 e. The van der Waals surface area contributed by atoms with Crippen molar-refractivity contribution in [2.75, 3.05) is 26.2 Å². The quantitative estimate of drug-likeness (QED) is 0.819. The highest BCUT2D eigenvalue weighted by Crippen LogP contribution is 2.26. The molecule has 0 saturated carbocycles. The number of aliphatic carboxylic acids is 1. The molecule has 1 aromatic heterocycles. The Bertz CT molecular complexity index is 827. The number of carboxylic acids is 1. The lowest BCUT2D eigenvalue weighted by molar-refractivity contribution is -0.140. The van der Waals surface area contributed by atoms with Crippen LogP contribution >= 0.6 is 23.2 Å². The Balaban J connectivity index is 1.64. The number of halogens is 2. The summed E-state index contributed by atoms with van der Waals surface area (Å²) in [4.78, 5) is 27.9. The van der Waals surface area contributed by atoms with Crippen LogP contribution in [0.5, 0.6) is 0 Å². The summed E-state index contributed by atoms with van der Waals surface area (Å²) in [6, 6.07) is 6.09. The first-order chi connectivity index (χ1) is 12.9. The fourth-order valence-corrected chi connectivity index (χ4v) is 3.59. The zero-order valence-corrected chi connectivity index (χ0v) is 16.3. The molecule has 0 bridgehead atoms. The molecule has 2 heterocycles. The molecule has 1 aromatic carbocycles. The molecule has 3 rings (SSSR count). The lowest BCUT2D eigenvalue weighted by Crippen LogP contribution is -2.48. The molecule has 0 aliphatic carbocycles. The zero-order valence-electron chi connectivity index (χ0n) is 14.8. The van der Waals surface area contributed by atoms with Crippen molar-refractivity contribution in [3.05, 3.63) is 51.8 Å². The van der Waals surface area contributed by atoms with Gasteiger partial charge in [-0.1, -0.05) is 29.3 Å². The smallest absolute Gasteiger partial charge is 0.328 e. The van der Waals surface area contributed by atoms with Gasteiger partial charge in [-0.2, -0.15) is 5.10 Å². The maximum absolute atomic E-state index is 12.8. The van der Waals surface area contributed by atoms with Crippen molar-refractivity contribution in [3.63, 3.8) is 0 Å². The van der Waals surface area contributed by atoms with Gasteiger partial charge in [-0.05, 0) is 25.1 Å². The molecule has 1 aliphatic heterocycles. The average molecular weight is 411 g/mol. The molecule has 27 heavy (non-hydrogen) atoms. The van der Waals surface area contributed by atoms with E-state index < -0.39 is 12.0 Å². The van der Waals surface area contributed by atoms with Crippen molar-refractivity contribution in [1.29, 1.82) is 0 Å². The van der Waals surface area contributed by atoms with Gasteiger partial charge >= 0.3 is 5.97 Å². The van der Waals surface area contributed by atoms with E-state index >= 15 is 0 Å². The van der Waals surface area contributed by atoms with Crippen LogP contribution in [0, 0.1) is 0 Å². The van der Waals surface area contributed by atoms with Gasteiger partial charge < -0.3 is 10.0 Å². The van der Waals surface area contributed by atoms with Gasteiger partial charge in [-0.15, -0.1) is 0 Å². The molecule has 0 radical (unpaired) electrons. The number of hydrogen-bond acceptors (Lipinski definition) is 4. The van der Waals surface area contributed by atoms with E-state index in [4.69, 9.17) is 23.2 Å². The Hall–Kier alpha value is -2.09. The largest absolute Gasteiger partial charge is 0.480 e. The Morgan fingerprint density at radius 3 is 2.37 bits per heavy atom. The Morgan fingerprint density at radius 1 is 1.15 bits per heavy atom. The zero-order chi connectivity index (χ0) is 19.6. The first-order valence-corrected chi connectivity index (χ1v) is 9.35. The number of piperazine rings is 1. The van der Waals surface area contributed by atoms with Gasteiger partial charge in [-0.3, -0.25) is 9.69 Å². The summed E-state index contributed by atoms with van der Waals surface area (Å²) in [5.74, 6) is -1.25. The molecular formula is C18H20Cl2N4O3. The van der Waals surface area contributed by atoms with E-state index in [1.54, 1.807) is 11.0 Å². The van der Waals surface area contributed by atoms with Crippen LogP contribution in [0.4, 0.5) is 0 Å². The summed E-state index contributed by atoms with van der Waals surface area (Å²) in [6.07, 6.45) is 1.45. The van der Waals surface area contributed by atoms with E-state index in [0.29, 0.717) is 42.8 Å². The first-order valence-electron chi connectivity index (χ1n) is 8.59. The van der Waals surface area contributed by atoms with Crippen molar-refractivity contribution < 1.29 is 14.7 Å². The number of hydrogen-bond donors (Lipinski definition) is 1. The molecule has 9 heteroatoms. The molecule has 0 spiro atoms. The highest BCUT2D eigenvalue weighted by molar-refractivity contribution is 6.35. The van der Waals surface area contributed by atoms with Gasteiger partial charge in [0.15, 0.2) is 0 Å². The topological polar surface area (TPSA) is 78.7 Å². The summed E-state index contributed by atoms with van der Waals surface area (Å²) in [6.45, 7) is 4.54. The van der Waals surface area contributed by atoms with Crippen molar-refractivity contribution >= 4 is 35.1 Å². The third kappa shape index (κ3) is 4.26. The summed E-state index contributed by atoms with van der Waals surface area (Å²) < 4.78 is 1.25. The number of aromatic nitrogens is 2. The second-order valence-electron chi connectivity index (χ2n) is 6.44. The van der Waals surface area contributed by atoms with Crippen LogP contribution in [0.15, 0.2) is 30.5 Å². The highest BCUT2D eigenvalue weighted by atomic mass is 35.5. The number of carbonyl (C=O) groups is 2. The second-order valence-corrected chi connectivity index (χ2v) is 7.26. The normalized spacial score (nSPS) is 16.3. The number of rotatable bonds is 5. The third-order valence-corrected chi connectivity index (χ3v) is 5.42. The Morgan fingerprint density at radius 2 is 1.78 bits per heavy atom. The number of benzene rings is 1. The lowest BCUT2D eigenvalue weighted by Gasteiger charge is -2.35. The molecule has 1 aliphatic rings. The minimum atomic E-state index is -1.03. The summed E-state index contributed by atoms with van der Waals surface area (Å²) in [5, 5.41) is 14.4. The maximum atomic E-state index is 12.8. The van der Waals surface area contributed by atoms with E-state index in [-0.39, 0.29) is 11.6 Å². The SMILES string of the molecule is CC(C(=O)O)n1nccc1C(=O)N1CCN(Cc2c(Cl)cccc2Cl)CC1. The maximum Gasteiger partial charge on any atom is 0.328 e. The summed E-state index contributed by atoms with van der Waals surface area (Å²) >= 11 is 12.5. The Labute approximate surface area is 167 Å². The second kappa shape index (κ2) is 8.29. The van der Waals surface area contributed by atoms with Crippen LogP contribution in [-0.2, 0) is 11.3 Å². The van der Waals surface area contributed by atoms with E-state index in [1.165, 1.54) is 17.8 Å². The molecule has 1 saturated heterocycles. The highest BCUT2D eigenvalue weighted by Gasteiger charge is 2.27. The molecular weight excluding hydrogens is 391 g/mol. The van der Waals surface area contributed by atoms with Crippen LogP contribution in [0.3, 0.4) is 0 Å². The number of carbonyl (C=O) groups excluding carboxylic acids is 1. The van der Waals surface area contributed by atoms with Crippen molar-refractivity contribution in [1.82, 2.24) is 19.6 Å². The molecule has 144 valence electrons. The fourth-order valence-electron chi connectivity index (χ4n) is 3.07. The molecule has 1 unspecified atom stereocenters. The number of amides is 1. The first kappa shape index (κ1) is 19.7. The number of carboxylic acid groups (broad SMARTS) is 1. The monoisotopic (exact) mass is 410 g/mol. The average Bonchev–Trinajstić information content (AvgIpc) is 3.13. The molecule has 1 atom stereocenters. The minimum absolute atomic E-state index is 0.212. The van der Waals surface area contributed by atoms with Crippen LogP contribution in [0.2, 0.25) is 10.0 Å². The van der Waals surface area contributed by atoms with Gasteiger partial charge in [0.25, 0.3) is 5.91 Å². The van der Waals surface area contributed by atoms with Crippen LogP contribution in [-0.4, -0.2) is 62.7 Å². The van der Waals surface area contributed by atoms with Gasteiger partial charge in [0.1, 0.15) is 11.7 Å². The third-order valence-electron chi connectivity index (χ3n) is 4.72. The van der Waals surface area contributed by atoms with Crippen LogP contribution < -0.4 is 0 Å². The van der Waals surface area contributed by atoms with Crippen molar-refractivity contribution in [2.24, 2.45) is 0 Å². The fraction of sp³-hybridized carbons (Fsp3) is 0.389. The van der Waals surface area contributed by atoms with Gasteiger partial charge in [0.2, 0.25) is 0 Å². The summed E-state index contributed by atoms with van der Waals surface area (Å²) in [5.41, 5.74) is 1.17. The molecule has 2 aromatic rings. The van der Waals surface area contributed by atoms with E-state index in [2.05, 4.69) is 10.00 Å². The molecule has 1 amide bonds. The summed E-state index contributed by atoms with van der Waals surface area (Å²) in [7, 11) is 0. The van der Waals surface area contributed by atoms with Crippen LogP contribution in [0.25, 0.3) is 0 Å². The standard InChI is InChI=1S/C18H20Cl2N4O3/c1-12(18(26)27)24-16(5-6-21-24)17(25)23-9-7-22(8-10-23)11-13-14(19)3-2-4-15(13)20/h2-6,12H,7-11H2,1H3,(H,26,27). The van der Waals surface area contributed by atoms with Gasteiger partial charge in [0.05, 0.1) is 0 Å². The van der Waals surface area contributed by atoms with Crippen molar-refractivity contribution in [3.8, 4) is 0 Å². The van der Waals surface area contributed by atoms with Crippen LogP contribution in [0.1, 0.15) is 29.0 Å². The van der Waals surface area contributed by atoms with Gasteiger partial charge in [-0.25, -0.2) is 9.48 Å². The van der Waals surface area contributed by atoms with E-state index in [1.807, 2.05) is 18.2 Å². The van der Waals surface area contributed by atoms with Crippen molar-refractivity contribution in [2.45, 2.75) is 19.5 Å². The van der Waals surface area contributed by atoms with Gasteiger partial charge in [0, 0.05) is 54.5 Å². The molecule has 1 fully saturated rings. The molecule has 1 N–H and O–H groups in total.